The van der Waals surface area contributed by atoms with E-state index in [0.717, 1.165) is 49.8 Å². The van der Waals surface area contributed by atoms with Gasteiger partial charge in [0.25, 0.3) is 0 Å². The number of aliphatic hydroxyl groups excluding tert-OH is 1. The van der Waals surface area contributed by atoms with Crippen LogP contribution in [0.2, 0.25) is 0 Å². The Balaban J connectivity index is 0.00000300. The summed E-state index contributed by atoms with van der Waals surface area (Å²) in [6.45, 7) is 2.20. The van der Waals surface area contributed by atoms with Crippen LogP contribution in [0.5, 0.6) is 0 Å². The average Bonchev–Trinajstić information content (AvgIpc) is 3.35. The van der Waals surface area contributed by atoms with Gasteiger partial charge in [-0.15, -0.1) is 10.3 Å². The van der Waals surface area contributed by atoms with E-state index in [1.807, 2.05) is 35.2 Å². The predicted molar refractivity (Wildman–Crippen MR) is 117 cm³/mol. The summed E-state index contributed by atoms with van der Waals surface area (Å²) < 4.78 is 0. The van der Waals surface area contributed by atoms with Gasteiger partial charge in [0.2, 0.25) is 5.91 Å². The van der Waals surface area contributed by atoms with Crippen LogP contribution in [0.25, 0.3) is 0 Å². The van der Waals surface area contributed by atoms with Crippen LogP contribution >= 0.6 is 11.3 Å². The van der Waals surface area contributed by atoms with Crippen molar-refractivity contribution in [1.82, 2.24) is 0 Å². The van der Waals surface area contributed by atoms with Gasteiger partial charge < -0.3 is 21.3 Å². The molecule has 1 N–H and O–H groups in total. The molecule has 1 amide bonds. The molecular weight excluding hydrogens is 455 g/mol. The van der Waals surface area contributed by atoms with Crippen LogP contribution in [-0.4, -0.2) is 17.1 Å². The number of amides is 1. The van der Waals surface area contributed by atoms with Crippen LogP contribution in [-0.2, 0) is 43.9 Å². The van der Waals surface area contributed by atoms with E-state index in [2.05, 4.69) is 18.4 Å². The Morgan fingerprint density at radius 1 is 1.17 bits per heavy atom. The van der Waals surface area contributed by atoms with Gasteiger partial charge in [-0.05, 0) is 37.0 Å². The Morgan fingerprint density at radius 3 is 2.66 bits per heavy atom. The molecule has 0 aliphatic carbocycles. The van der Waals surface area contributed by atoms with Gasteiger partial charge in [-0.3, -0.25) is 4.79 Å². The zero-order chi connectivity index (χ0) is 19.8. The fourth-order valence-electron chi connectivity index (χ4n) is 4.08. The van der Waals surface area contributed by atoms with E-state index in [1.165, 1.54) is 24.1 Å². The van der Waals surface area contributed by atoms with Crippen molar-refractivity contribution in [1.29, 1.82) is 0 Å². The molecule has 1 aliphatic rings. The van der Waals surface area contributed by atoms with E-state index in [0.29, 0.717) is 12.5 Å². The standard InChI is InChI=1S/C24H32NO2S.Y/c1-2-3-4-5-11-23(26)19-12-14-21(15-13-19)25-20(16-17-24(25)27)8-6-9-22-10-7-18-28-22;/h7,10,12-15,20,23,26H,2-6,8-9,11,16-17H2,1H3;/q-1;/t20-,23?;/m0./s1. The summed E-state index contributed by atoms with van der Waals surface area (Å²) >= 11 is 1.69. The minimum atomic E-state index is -0.404. The topological polar surface area (TPSA) is 40.5 Å². The Bertz CT molecular complexity index is 717. The van der Waals surface area contributed by atoms with E-state index in [-0.39, 0.29) is 38.6 Å². The maximum atomic E-state index is 12.5. The fraction of sp³-hybridized carbons (Fsp3) is 0.542. The summed E-state index contributed by atoms with van der Waals surface area (Å²) in [5.74, 6) is 0.224. The quantitative estimate of drug-likeness (QED) is 0.309. The molecule has 5 heteroatoms. The Labute approximate surface area is 204 Å². The first-order valence-corrected chi connectivity index (χ1v) is 11.6. The molecule has 1 aliphatic heterocycles. The third-order valence-electron chi connectivity index (χ3n) is 5.70. The first-order chi connectivity index (χ1) is 13.7. The van der Waals surface area contributed by atoms with Gasteiger partial charge >= 0.3 is 0 Å². The van der Waals surface area contributed by atoms with Crippen molar-refractivity contribution in [3.8, 4) is 0 Å². The molecule has 1 saturated heterocycles. The molecule has 0 bridgehead atoms. The molecule has 1 radical (unpaired) electrons. The molecule has 2 heterocycles. The summed E-state index contributed by atoms with van der Waals surface area (Å²) in [6, 6.07) is 12.4. The summed E-state index contributed by atoms with van der Waals surface area (Å²) in [7, 11) is 0. The zero-order valence-corrected chi connectivity index (χ0v) is 21.1. The van der Waals surface area contributed by atoms with Crippen LogP contribution in [0, 0.1) is 5.38 Å². The number of aliphatic hydroxyl groups is 1. The molecule has 155 valence electrons. The number of carbonyl (C=O) groups excluding carboxylic acids is 1. The second-order valence-corrected chi connectivity index (χ2v) is 8.79. The van der Waals surface area contributed by atoms with Crippen molar-refractivity contribution in [3.05, 3.63) is 52.2 Å². The molecule has 29 heavy (non-hydrogen) atoms. The minimum absolute atomic E-state index is 0. The maximum absolute atomic E-state index is 12.5. The van der Waals surface area contributed by atoms with Crippen molar-refractivity contribution in [2.45, 2.75) is 83.3 Å². The van der Waals surface area contributed by atoms with Crippen LogP contribution in [0.1, 0.15) is 81.3 Å². The summed E-state index contributed by atoms with van der Waals surface area (Å²) in [5.41, 5.74) is 1.93. The van der Waals surface area contributed by atoms with Crippen LogP contribution < -0.4 is 4.90 Å². The van der Waals surface area contributed by atoms with E-state index in [4.69, 9.17) is 0 Å². The predicted octanol–water partition coefficient (Wildman–Crippen LogP) is 6.07. The second kappa shape index (κ2) is 13.0. The van der Waals surface area contributed by atoms with E-state index in [1.54, 1.807) is 11.3 Å². The van der Waals surface area contributed by atoms with Crippen molar-refractivity contribution in [3.63, 3.8) is 0 Å². The number of anilines is 1. The third-order valence-corrected chi connectivity index (χ3v) is 6.56. The molecule has 2 aromatic rings. The number of carbonyl (C=O) groups is 1. The van der Waals surface area contributed by atoms with Gasteiger partial charge in [-0.1, -0.05) is 57.6 Å². The molecule has 3 nitrogen and oxygen atoms in total. The second-order valence-electron chi connectivity index (χ2n) is 7.82. The van der Waals surface area contributed by atoms with Gasteiger partial charge in [0.05, 0.1) is 6.10 Å². The number of unbranched alkanes of at least 4 members (excludes halogenated alkanes) is 3. The van der Waals surface area contributed by atoms with Gasteiger partial charge in [-0.25, -0.2) is 6.07 Å². The maximum Gasteiger partial charge on any atom is 0.227 e. The Kier molecular flexibility index (Phi) is 11.1. The number of hydrogen-bond donors (Lipinski definition) is 1. The van der Waals surface area contributed by atoms with E-state index in [9.17, 15) is 9.90 Å². The first kappa shape index (κ1) is 24.7. The summed E-state index contributed by atoms with van der Waals surface area (Å²) in [5, 5.41) is 13.5. The smallest absolute Gasteiger partial charge is 0.227 e. The van der Waals surface area contributed by atoms with E-state index < -0.39 is 6.10 Å². The van der Waals surface area contributed by atoms with Crippen molar-refractivity contribution < 1.29 is 42.6 Å². The summed E-state index contributed by atoms with van der Waals surface area (Å²) in [6.07, 6.45) is 9.86. The number of rotatable bonds is 11. The van der Waals surface area contributed by atoms with Gasteiger partial charge in [0.15, 0.2) is 0 Å². The first-order valence-electron chi connectivity index (χ1n) is 10.7. The van der Waals surface area contributed by atoms with Crippen LogP contribution in [0.3, 0.4) is 0 Å². The Morgan fingerprint density at radius 2 is 1.97 bits per heavy atom. The average molecular weight is 487 g/mol. The third kappa shape index (κ3) is 7.27. The minimum Gasteiger partial charge on any atom is -0.388 e. The summed E-state index contributed by atoms with van der Waals surface area (Å²) in [4.78, 5) is 15.8. The molecule has 0 saturated carbocycles. The number of aryl methyl sites for hydroxylation is 1. The molecule has 1 aromatic heterocycles. The molecular formula is C24H32NO2SY-. The number of nitrogens with zero attached hydrogens (tertiary/aromatic N) is 1. The zero-order valence-electron chi connectivity index (χ0n) is 17.5. The number of hydrogen-bond acceptors (Lipinski definition) is 3. The fourth-order valence-corrected chi connectivity index (χ4v) is 4.75. The van der Waals surface area contributed by atoms with Crippen molar-refractivity contribution >= 4 is 22.9 Å². The van der Waals surface area contributed by atoms with Crippen molar-refractivity contribution in [2.75, 3.05) is 4.90 Å². The Hall–Kier alpha value is -0.546. The largest absolute Gasteiger partial charge is 0.388 e. The number of benzene rings is 1. The monoisotopic (exact) mass is 487 g/mol. The number of thiophene rings is 1. The van der Waals surface area contributed by atoms with Crippen LogP contribution in [0.15, 0.2) is 36.4 Å². The van der Waals surface area contributed by atoms with Gasteiger partial charge in [0, 0.05) is 50.9 Å². The molecule has 3 rings (SSSR count). The molecule has 0 spiro atoms. The molecule has 1 unspecified atom stereocenters. The van der Waals surface area contributed by atoms with Gasteiger partial charge in [0.1, 0.15) is 0 Å². The van der Waals surface area contributed by atoms with Gasteiger partial charge in [-0.2, -0.15) is 6.07 Å². The molecule has 2 atom stereocenters. The normalized spacial score (nSPS) is 17.4. The molecule has 1 aromatic carbocycles. The van der Waals surface area contributed by atoms with E-state index >= 15 is 0 Å². The SMILES string of the molecule is CCCCCCC(O)c1ccc(N2C(=O)CC[C@@H]2CCCc2cc[c-]s2)cc1.[Y]. The van der Waals surface area contributed by atoms with Crippen molar-refractivity contribution in [2.24, 2.45) is 0 Å². The molecule has 1 fully saturated rings. The van der Waals surface area contributed by atoms with Crippen LogP contribution in [0.4, 0.5) is 5.69 Å².